The van der Waals surface area contributed by atoms with Gasteiger partial charge in [0.15, 0.2) is 4.77 Å². The molecule has 102 valence electrons. The summed E-state index contributed by atoms with van der Waals surface area (Å²) in [6, 6.07) is 6.53. The monoisotopic (exact) mass is 294 g/mol. The van der Waals surface area contributed by atoms with E-state index in [0.717, 1.165) is 21.2 Å². The van der Waals surface area contributed by atoms with Crippen molar-refractivity contribution in [2.75, 3.05) is 0 Å². The van der Waals surface area contributed by atoms with Gasteiger partial charge in [-0.2, -0.15) is 0 Å². The molecule has 1 N–H and O–H groups in total. The van der Waals surface area contributed by atoms with Crippen molar-refractivity contribution < 1.29 is 0 Å². The standard InChI is InChI=1S/C15H19ClN2S/c1-2-10-4-3-5-12(8-10)18-14-7-6-11(16)9-13(14)17-15(18)19/h6-7,9-10,12H,2-5,8H2,1H3,(H,17,19). The van der Waals surface area contributed by atoms with Gasteiger partial charge in [0.05, 0.1) is 11.0 Å². The number of hydrogen-bond acceptors (Lipinski definition) is 1. The van der Waals surface area contributed by atoms with Gasteiger partial charge in [-0.1, -0.05) is 37.8 Å². The first-order valence-corrected chi connectivity index (χ1v) is 7.87. The zero-order chi connectivity index (χ0) is 13.4. The summed E-state index contributed by atoms with van der Waals surface area (Å²) in [6.07, 6.45) is 6.44. The highest BCUT2D eigenvalue weighted by molar-refractivity contribution is 7.71. The maximum absolute atomic E-state index is 6.05. The van der Waals surface area contributed by atoms with Crippen LogP contribution in [0.4, 0.5) is 0 Å². The van der Waals surface area contributed by atoms with Crippen LogP contribution in [0.1, 0.15) is 45.1 Å². The second-order valence-electron chi connectivity index (χ2n) is 5.56. The summed E-state index contributed by atoms with van der Waals surface area (Å²) < 4.78 is 3.14. The maximum atomic E-state index is 6.05. The fourth-order valence-electron chi connectivity index (χ4n) is 3.33. The second-order valence-corrected chi connectivity index (χ2v) is 6.38. The van der Waals surface area contributed by atoms with Gasteiger partial charge in [0.1, 0.15) is 0 Å². The van der Waals surface area contributed by atoms with E-state index in [1.54, 1.807) is 0 Å². The Bertz CT molecular complexity index is 643. The van der Waals surface area contributed by atoms with Crippen molar-refractivity contribution in [1.29, 1.82) is 0 Å². The van der Waals surface area contributed by atoms with Crippen molar-refractivity contribution in [2.45, 2.75) is 45.1 Å². The summed E-state index contributed by atoms with van der Waals surface area (Å²) in [5.41, 5.74) is 2.24. The van der Waals surface area contributed by atoms with Crippen molar-refractivity contribution in [3.8, 4) is 0 Å². The van der Waals surface area contributed by atoms with Crippen LogP contribution >= 0.6 is 23.8 Å². The molecule has 1 saturated carbocycles. The van der Waals surface area contributed by atoms with E-state index in [9.17, 15) is 0 Å². The van der Waals surface area contributed by atoms with Crippen molar-refractivity contribution in [2.24, 2.45) is 5.92 Å². The number of aromatic nitrogens is 2. The first-order chi connectivity index (χ1) is 9.19. The predicted molar refractivity (Wildman–Crippen MR) is 83.4 cm³/mol. The molecule has 1 aliphatic carbocycles. The van der Waals surface area contributed by atoms with E-state index in [2.05, 4.69) is 22.5 Å². The molecule has 1 heterocycles. The number of benzene rings is 1. The Balaban J connectivity index is 2.04. The van der Waals surface area contributed by atoms with Gasteiger partial charge in [-0.3, -0.25) is 0 Å². The highest BCUT2D eigenvalue weighted by Gasteiger charge is 2.23. The Hall–Kier alpha value is -0.800. The van der Waals surface area contributed by atoms with Gasteiger partial charge in [0, 0.05) is 11.1 Å². The zero-order valence-electron chi connectivity index (χ0n) is 11.2. The molecule has 0 aliphatic heterocycles. The summed E-state index contributed by atoms with van der Waals surface area (Å²) in [4.78, 5) is 3.29. The molecule has 19 heavy (non-hydrogen) atoms. The molecule has 2 aromatic rings. The molecule has 2 atom stereocenters. The third kappa shape index (κ3) is 2.46. The molecule has 1 aromatic carbocycles. The molecule has 0 bridgehead atoms. The van der Waals surface area contributed by atoms with E-state index < -0.39 is 0 Å². The van der Waals surface area contributed by atoms with Crippen LogP contribution in [0.25, 0.3) is 11.0 Å². The summed E-state index contributed by atoms with van der Waals surface area (Å²) in [5, 5.41) is 0.756. The summed E-state index contributed by atoms with van der Waals surface area (Å²) >= 11 is 11.6. The van der Waals surface area contributed by atoms with Crippen molar-refractivity contribution in [3.63, 3.8) is 0 Å². The predicted octanol–water partition coefficient (Wildman–Crippen LogP) is 5.49. The number of hydrogen-bond donors (Lipinski definition) is 1. The minimum Gasteiger partial charge on any atom is -0.331 e. The molecule has 1 aliphatic rings. The van der Waals surface area contributed by atoms with Crippen LogP contribution in [0, 0.1) is 10.7 Å². The van der Waals surface area contributed by atoms with Crippen LogP contribution in [0.15, 0.2) is 18.2 Å². The molecule has 0 radical (unpaired) electrons. The fourth-order valence-corrected chi connectivity index (χ4v) is 3.86. The number of fused-ring (bicyclic) bond motifs is 1. The lowest BCUT2D eigenvalue weighted by Crippen LogP contribution is -2.18. The van der Waals surface area contributed by atoms with Gasteiger partial charge in [0.2, 0.25) is 0 Å². The quantitative estimate of drug-likeness (QED) is 0.726. The normalized spacial score (nSPS) is 23.9. The molecule has 2 nitrogen and oxygen atoms in total. The number of aromatic amines is 1. The molecule has 0 spiro atoms. The van der Waals surface area contributed by atoms with Crippen LogP contribution in [0.3, 0.4) is 0 Å². The first-order valence-electron chi connectivity index (χ1n) is 7.08. The van der Waals surface area contributed by atoms with E-state index in [1.807, 2.05) is 12.1 Å². The molecule has 2 unspecified atom stereocenters. The van der Waals surface area contributed by atoms with Gasteiger partial charge in [-0.15, -0.1) is 0 Å². The highest BCUT2D eigenvalue weighted by atomic mass is 35.5. The van der Waals surface area contributed by atoms with Crippen molar-refractivity contribution in [3.05, 3.63) is 28.0 Å². The van der Waals surface area contributed by atoms with Gasteiger partial charge in [0.25, 0.3) is 0 Å². The molecule has 1 fully saturated rings. The maximum Gasteiger partial charge on any atom is 0.178 e. The van der Waals surface area contributed by atoms with E-state index in [-0.39, 0.29) is 0 Å². The van der Waals surface area contributed by atoms with Gasteiger partial charge >= 0.3 is 0 Å². The van der Waals surface area contributed by atoms with E-state index >= 15 is 0 Å². The number of nitrogens with zero attached hydrogens (tertiary/aromatic N) is 1. The van der Waals surface area contributed by atoms with Gasteiger partial charge < -0.3 is 9.55 Å². The Labute approximate surface area is 123 Å². The Kier molecular flexibility index (Phi) is 3.68. The first kappa shape index (κ1) is 13.2. The van der Waals surface area contributed by atoms with E-state index in [1.165, 1.54) is 37.6 Å². The Morgan fingerprint density at radius 2 is 2.26 bits per heavy atom. The zero-order valence-corrected chi connectivity index (χ0v) is 12.7. The lowest BCUT2D eigenvalue weighted by molar-refractivity contribution is 0.264. The second kappa shape index (κ2) is 5.29. The van der Waals surface area contributed by atoms with Crippen LogP contribution in [0.2, 0.25) is 5.02 Å². The lowest BCUT2D eigenvalue weighted by Gasteiger charge is -2.29. The minimum atomic E-state index is 0.543. The van der Waals surface area contributed by atoms with Crippen LogP contribution in [0.5, 0.6) is 0 Å². The Morgan fingerprint density at radius 1 is 1.42 bits per heavy atom. The molecular formula is C15H19ClN2S. The molecule has 3 rings (SSSR count). The SMILES string of the molecule is CCC1CCCC(n2c(=S)[nH]c3cc(Cl)ccc32)C1. The minimum absolute atomic E-state index is 0.543. The number of nitrogens with one attached hydrogen (secondary N) is 1. The van der Waals surface area contributed by atoms with Gasteiger partial charge in [-0.05, 0) is 49.2 Å². The van der Waals surface area contributed by atoms with Crippen LogP contribution in [-0.4, -0.2) is 9.55 Å². The fraction of sp³-hybridized carbons (Fsp3) is 0.533. The molecule has 0 saturated heterocycles. The number of H-pyrrole nitrogens is 1. The van der Waals surface area contributed by atoms with Crippen LogP contribution in [-0.2, 0) is 0 Å². The van der Waals surface area contributed by atoms with Crippen molar-refractivity contribution >= 4 is 34.9 Å². The lowest BCUT2D eigenvalue weighted by atomic mass is 9.84. The smallest absolute Gasteiger partial charge is 0.178 e. The molecule has 1 aromatic heterocycles. The largest absolute Gasteiger partial charge is 0.331 e. The number of imidazole rings is 1. The molecule has 0 amide bonds. The number of rotatable bonds is 2. The summed E-state index contributed by atoms with van der Waals surface area (Å²) in [6.45, 7) is 2.29. The Morgan fingerprint density at radius 3 is 3.05 bits per heavy atom. The highest BCUT2D eigenvalue weighted by Crippen LogP contribution is 2.36. The summed E-state index contributed by atoms with van der Waals surface area (Å²) in [5.74, 6) is 0.845. The molecular weight excluding hydrogens is 276 g/mol. The van der Waals surface area contributed by atoms with E-state index in [0.29, 0.717) is 6.04 Å². The summed E-state index contributed by atoms with van der Waals surface area (Å²) in [7, 11) is 0. The van der Waals surface area contributed by atoms with Crippen molar-refractivity contribution in [1.82, 2.24) is 9.55 Å². The average molecular weight is 295 g/mol. The third-order valence-corrected chi connectivity index (χ3v) is 4.91. The van der Waals surface area contributed by atoms with E-state index in [4.69, 9.17) is 23.8 Å². The molecule has 4 heteroatoms. The number of halogens is 1. The van der Waals surface area contributed by atoms with Crippen LogP contribution < -0.4 is 0 Å². The average Bonchev–Trinajstić information content (AvgIpc) is 2.73. The topological polar surface area (TPSA) is 20.7 Å². The van der Waals surface area contributed by atoms with Gasteiger partial charge in [-0.25, -0.2) is 0 Å². The third-order valence-electron chi connectivity index (χ3n) is 4.38.